The second-order valence-electron chi connectivity index (χ2n) is 5.49. The maximum atomic E-state index is 13.2. The van der Waals surface area contributed by atoms with Crippen molar-refractivity contribution < 1.29 is 9.09 Å². The number of rotatable bonds is 6. The van der Waals surface area contributed by atoms with Crippen LogP contribution >= 0.6 is 19.1 Å². The summed E-state index contributed by atoms with van der Waals surface area (Å²) in [4.78, 5) is 2.31. The van der Waals surface area contributed by atoms with E-state index in [1.165, 1.54) is 25.7 Å². The summed E-state index contributed by atoms with van der Waals surface area (Å²) in [6.07, 6.45) is 7.83. The Morgan fingerprint density at radius 1 is 0.947 bits per heavy atom. The smallest absolute Gasteiger partial charge is 0.286 e. The van der Waals surface area contributed by atoms with Crippen molar-refractivity contribution in [2.75, 3.05) is 45.0 Å². The number of piperidine rings is 2. The van der Waals surface area contributed by atoms with E-state index >= 15 is 0 Å². The van der Waals surface area contributed by atoms with Gasteiger partial charge in [-0.05, 0) is 38.8 Å². The molecule has 2 saturated heterocycles. The number of alkyl halides is 1. The molecule has 2 heterocycles. The summed E-state index contributed by atoms with van der Waals surface area (Å²) in [5, 5.41) is 0. The lowest BCUT2D eigenvalue weighted by Gasteiger charge is -2.37. The molecule has 2 rings (SSSR count). The Morgan fingerprint density at radius 3 is 2.11 bits per heavy atom. The van der Waals surface area contributed by atoms with Crippen LogP contribution in [0.3, 0.4) is 0 Å². The third kappa shape index (κ3) is 4.71. The number of halogens is 1. The third-order valence-electron chi connectivity index (χ3n) is 3.96. The predicted octanol–water partition coefficient (Wildman–Crippen LogP) is 3.36. The molecule has 0 spiro atoms. The molecule has 112 valence electrons. The first kappa shape index (κ1) is 15.8. The Kier molecular flexibility index (Phi) is 6.64. The average molecular weight is 309 g/mol. The summed E-state index contributed by atoms with van der Waals surface area (Å²) in [7, 11) is -2.70. The molecule has 2 aliphatic heterocycles. The molecule has 0 bridgehead atoms. The highest BCUT2D eigenvalue weighted by atomic mass is 35.5. The predicted molar refractivity (Wildman–Crippen MR) is 80.0 cm³/mol. The summed E-state index contributed by atoms with van der Waals surface area (Å²) in [5.41, 5.74) is 0. The molecule has 4 nitrogen and oxygen atoms in total. The molecular formula is C13H26ClN2O2P. The minimum absolute atomic E-state index is 0.392. The molecule has 2 fully saturated rings. The van der Waals surface area contributed by atoms with Crippen LogP contribution in [-0.4, -0.2) is 54.5 Å². The third-order valence-corrected chi connectivity index (χ3v) is 6.72. The van der Waals surface area contributed by atoms with Gasteiger partial charge in [-0.15, -0.1) is 11.6 Å². The summed E-state index contributed by atoms with van der Waals surface area (Å²) in [6.45, 7) is 4.33. The van der Waals surface area contributed by atoms with Crippen molar-refractivity contribution in [3.05, 3.63) is 0 Å². The van der Waals surface area contributed by atoms with Gasteiger partial charge in [0, 0.05) is 19.0 Å². The van der Waals surface area contributed by atoms with Gasteiger partial charge in [-0.25, -0.2) is 4.67 Å². The van der Waals surface area contributed by atoms with Gasteiger partial charge in [0.1, 0.15) is 0 Å². The van der Waals surface area contributed by atoms with Gasteiger partial charge in [-0.2, -0.15) is 0 Å². The van der Waals surface area contributed by atoms with Gasteiger partial charge in [0.25, 0.3) is 7.52 Å². The van der Waals surface area contributed by atoms with Crippen LogP contribution in [0.2, 0.25) is 0 Å². The Balaban J connectivity index is 1.97. The zero-order valence-corrected chi connectivity index (χ0v) is 13.4. The van der Waals surface area contributed by atoms with Gasteiger partial charge in [0.2, 0.25) is 0 Å². The first-order valence-corrected chi connectivity index (χ1v) is 9.82. The topological polar surface area (TPSA) is 32.8 Å². The molecule has 0 amide bonds. The Hall–Kier alpha value is 0.400. The lowest BCUT2D eigenvalue weighted by atomic mass is 10.1. The van der Waals surface area contributed by atoms with E-state index in [4.69, 9.17) is 16.1 Å². The van der Waals surface area contributed by atoms with Crippen LogP contribution in [0, 0.1) is 0 Å². The first-order valence-electron chi connectivity index (χ1n) is 7.52. The van der Waals surface area contributed by atoms with E-state index in [1.54, 1.807) is 0 Å². The second kappa shape index (κ2) is 7.99. The van der Waals surface area contributed by atoms with Gasteiger partial charge in [-0.1, -0.05) is 12.8 Å². The molecular weight excluding hydrogens is 283 g/mol. The van der Waals surface area contributed by atoms with Crippen LogP contribution in [0.4, 0.5) is 0 Å². The van der Waals surface area contributed by atoms with Gasteiger partial charge in [0.15, 0.2) is 0 Å². The summed E-state index contributed by atoms with van der Waals surface area (Å²) >= 11 is 5.71. The highest BCUT2D eigenvalue weighted by Crippen LogP contribution is 2.52. The zero-order valence-electron chi connectivity index (χ0n) is 11.7. The van der Waals surface area contributed by atoms with Crippen LogP contribution < -0.4 is 0 Å². The molecule has 0 aromatic heterocycles. The molecule has 0 aromatic carbocycles. The normalized spacial score (nSPS) is 26.2. The molecule has 0 saturated carbocycles. The van der Waals surface area contributed by atoms with Crippen LogP contribution in [0.1, 0.15) is 38.5 Å². The minimum atomic E-state index is -2.70. The SMILES string of the molecule is O=P(CN1CCCCC1)(OCCCl)N1CCCCC1. The Morgan fingerprint density at radius 2 is 1.53 bits per heavy atom. The second-order valence-corrected chi connectivity index (χ2v) is 8.25. The molecule has 0 N–H and O–H groups in total. The summed E-state index contributed by atoms with van der Waals surface area (Å²) < 4.78 is 21.0. The van der Waals surface area contributed by atoms with Crippen LogP contribution in [0.25, 0.3) is 0 Å². The van der Waals surface area contributed by atoms with Crippen molar-refractivity contribution in [2.45, 2.75) is 38.5 Å². The minimum Gasteiger partial charge on any atom is -0.315 e. The molecule has 0 radical (unpaired) electrons. The van der Waals surface area contributed by atoms with Crippen LogP contribution in [0.15, 0.2) is 0 Å². The first-order chi connectivity index (χ1) is 9.24. The van der Waals surface area contributed by atoms with Crippen molar-refractivity contribution in [3.8, 4) is 0 Å². The Labute approximate surface area is 121 Å². The molecule has 1 atom stereocenters. The van der Waals surface area contributed by atoms with Gasteiger partial charge in [0.05, 0.1) is 12.9 Å². The van der Waals surface area contributed by atoms with Gasteiger partial charge < -0.3 is 4.52 Å². The van der Waals surface area contributed by atoms with Crippen LogP contribution in [0.5, 0.6) is 0 Å². The number of hydrogen-bond donors (Lipinski definition) is 0. The summed E-state index contributed by atoms with van der Waals surface area (Å²) in [5.74, 6) is 0.415. The molecule has 19 heavy (non-hydrogen) atoms. The maximum Gasteiger partial charge on any atom is 0.286 e. The quantitative estimate of drug-likeness (QED) is 0.556. The standard InChI is InChI=1S/C13H26ClN2O2P/c14-7-12-18-19(17,16-10-5-2-6-11-16)13-15-8-3-1-4-9-15/h1-13H2. The van der Waals surface area contributed by atoms with E-state index in [0.29, 0.717) is 18.8 Å². The Bertz CT molecular complexity index is 305. The van der Waals surface area contributed by atoms with E-state index in [1.807, 2.05) is 0 Å². The van der Waals surface area contributed by atoms with E-state index < -0.39 is 7.52 Å². The van der Waals surface area contributed by atoms with Crippen molar-refractivity contribution in [1.82, 2.24) is 9.57 Å². The number of nitrogens with zero attached hydrogens (tertiary/aromatic N) is 2. The van der Waals surface area contributed by atoms with Crippen molar-refractivity contribution in [3.63, 3.8) is 0 Å². The zero-order chi connectivity index (χ0) is 13.6. The fourth-order valence-electron chi connectivity index (χ4n) is 2.92. The van der Waals surface area contributed by atoms with Crippen LogP contribution in [-0.2, 0) is 9.09 Å². The monoisotopic (exact) mass is 308 g/mol. The fraction of sp³-hybridized carbons (Fsp3) is 1.00. The number of hydrogen-bond acceptors (Lipinski definition) is 3. The molecule has 0 aromatic rings. The van der Waals surface area contributed by atoms with Crippen molar-refractivity contribution in [1.29, 1.82) is 0 Å². The lowest BCUT2D eigenvalue weighted by molar-refractivity contribution is 0.208. The fourth-order valence-corrected chi connectivity index (χ4v) is 5.59. The van der Waals surface area contributed by atoms with Gasteiger partial charge >= 0.3 is 0 Å². The van der Waals surface area contributed by atoms with Gasteiger partial charge in [-0.3, -0.25) is 9.46 Å². The highest BCUT2D eigenvalue weighted by Gasteiger charge is 2.34. The van der Waals surface area contributed by atoms with E-state index in [0.717, 1.165) is 39.0 Å². The molecule has 6 heteroatoms. The number of likely N-dealkylation sites (tertiary alicyclic amines) is 1. The largest absolute Gasteiger partial charge is 0.315 e. The van der Waals surface area contributed by atoms with E-state index in [2.05, 4.69) is 9.57 Å². The maximum absolute atomic E-state index is 13.2. The van der Waals surface area contributed by atoms with Crippen molar-refractivity contribution in [2.24, 2.45) is 0 Å². The molecule has 0 aliphatic carbocycles. The van der Waals surface area contributed by atoms with E-state index in [9.17, 15) is 4.57 Å². The lowest BCUT2D eigenvalue weighted by Crippen LogP contribution is -2.37. The average Bonchev–Trinajstić information content (AvgIpc) is 2.47. The summed E-state index contributed by atoms with van der Waals surface area (Å²) in [6, 6.07) is 0. The highest BCUT2D eigenvalue weighted by molar-refractivity contribution is 7.56. The van der Waals surface area contributed by atoms with Crippen molar-refractivity contribution >= 4 is 19.1 Å². The molecule has 1 unspecified atom stereocenters. The molecule has 2 aliphatic rings. The van der Waals surface area contributed by atoms with E-state index in [-0.39, 0.29) is 0 Å².